The molecule has 0 saturated carbocycles. The van der Waals surface area contributed by atoms with Crippen LogP contribution in [-0.2, 0) is 13.6 Å². The largest absolute Gasteiger partial charge is 0.329 e. The summed E-state index contributed by atoms with van der Waals surface area (Å²) >= 11 is 0. The van der Waals surface area contributed by atoms with Gasteiger partial charge in [-0.2, -0.15) is 0 Å². The van der Waals surface area contributed by atoms with Gasteiger partial charge in [0, 0.05) is 7.05 Å². The van der Waals surface area contributed by atoms with Gasteiger partial charge in [0.2, 0.25) is 0 Å². The molecule has 0 amide bonds. The summed E-state index contributed by atoms with van der Waals surface area (Å²) in [5.74, 6) is 1.18. The van der Waals surface area contributed by atoms with Gasteiger partial charge in [-0.1, -0.05) is 12.1 Å². The van der Waals surface area contributed by atoms with Crippen LogP contribution in [0.2, 0.25) is 0 Å². The maximum atomic E-state index is 4.69. The van der Waals surface area contributed by atoms with Crippen molar-refractivity contribution in [1.82, 2.24) is 9.55 Å². The summed E-state index contributed by atoms with van der Waals surface area (Å²) in [5.41, 5.74) is 2.33. The highest BCUT2D eigenvalue weighted by Crippen LogP contribution is 2.13. The molecule has 86 valence electrons. The van der Waals surface area contributed by atoms with Gasteiger partial charge in [0.15, 0.2) is 5.82 Å². The number of para-hydroxylation sites is 2. The number of hydrogen-bond donors (Lipinski definition) is 1. The highest BCUT2D eigenvalue weighted by Gasteiger charge is 2.11. The minimum atomic E-state index is 1.01. The highest BCUT2D eigenvalue weighted by molar-refractivity contribution is 5.75. The fourth-order valence-corrected chi connectivity index (χ4v) is 2.08. The molecular weight excluding hydrogens is 198 g/mol. The first-order valence-electron chi connectivity index (χ1n) is 6.00. The van der Waals surface area contributed by atoms with Crippen molar-refractivity contribution in [3.05, 3.63) is 30.1 Å². The standard InChI is InChI=1S/C13H19N3/c1-4-16(5-2)10-13-14-11-8-6-7-9-12(11)15(13)3/h6-9H,4-5,10H2,1-3H3/p+1. The molecule has 1 aromatic carbocycles. The summed E-state index contributed by atoms with van der Waals surface area (Å²) in [6, 6.07) is 8.32. The maximum Gasteiger partial charge on any atom is 0.165 e. The molecule has 0 fully saturated rings. The summed E-state index contributed by atoms with van der Waals surface area (Å²) < 4.78 is 2.21. The van der Waals surface area contributed by atoms with Crippen molar-refractivity contribution in [2.24, 2.45) is 7.05 Å². The Kier molecular flexibility index (Phi) is 3.25. The molecule has 0 atom stereocenters. The minimum Gasteiger partial charge on any atom is -0.329 e. The van der Waals surface area contributed by atoms with Gasteiger partial charge in [0.1, 0.15) is 6.54 Å². The van der Waals surface area contributed by atoms with Crippen molar-refractivity contribution in [3.63, 3.8) is 0 Å². The molecule has 2 rings (SSSR count). The maximum absolute atomic E-state index is 4.69. The van der Waals surface area contributed by atoms with Crippen molar-refractivity contribution in [2.75, 3.05) is 13.1 Å². The molecule has 16 heavy (non-hydrogen) atoms. The third-order valence-electron chi connectivity index (χ3n) is 3.29. The van der Waals surface area contributed by atoms with E-state index in [4.69, 9.17) is 4.98 Å². The third-order valence-corrected chi connectivity index (χ3v) is 3.29. The number of nitrogens with zero attached hydrogens (tertiary/aromatic N) is 2. The van der Waals surface area contributed by atoms with E-state index in [1.54, 1.807) is 4.90 Å². The molecule has 0 aliphatic carbocycles. The molecule has 0 spiro atoms. The molecule has 0 saturated heterocycles. The van der Waals surface area contributed by atoms with Crippen LogP contribution < -0.4 is 4.90 Å². The second kappa shape index (κ2) is 4.66. The number of hydrogen-bond acceptors (Lipinski definition) is 1. The Balaban J connectivity index is 2.34. The van der Waals surface area contributed by atoms with Crippen LogP contribution in [0.4, 0.5) is 0 Å². The topological polar surface area (TPSA) is 22.3 Å². The first-order chi connectivity index (χ1) is 7.76. The van der Waals surface area contributed by atoms with Gasteiger partial charge in [-0.05, 0) is 26.0 Å². The van der Waals surface area contributed by atoms with Gasteiger partial charge in [-0.25, -0.2) is 4.98 Å². The summed E-state index contributed by atoms with van der Waals surface area (Å²) in [4.78, 5) is 6.26. The molecule has 2 aromatic rings. The van der Waals surface area contributed by atoms with Crippen LogP contribution >= 0.6 is 0 Å². The van der Waals surface area contributed by atoms with E-state index in [2.05, 4.69) is 43.7 Å². The van der Waals surface area contributed by atoms with E-state index in [0.29, 0.717) is 0 Å². The van der Waals surface area contributed by atoms with E-state index < -0.39 is 0 Å². The number of aromatic nitrogens is 2. The predicted molar refractivity (Wildman–Crippen MR) is 66.5 cm³/mol. The molecule has 3 heteroatoms. The fourth-order valence-electron chi connectivity index (χ4n) is 2.08. The summed E-state index contributed by atoms with van der Waals surface area (Å²) in [5, 5.41) is 0. The Morgan fingerprint density at radius 3 is 2.50 bits per heavy atom. The van der Waals surface area contributed by atoms with Crippen molar-refractivity contribution >= 4 is 11.0 Å². The smallest absolute Gasteiger partial charge is 0.165 e. The lowest BCUT2D eigenvalue weighted by molar-refractivity contribution is -0.911. The predicted octanol–water partition coefficient (Wildman–Crippen LogP) is 0.998. The first-order valence-corrected chi connectivity index (χ1v) is 6.00. The van der Waals surface area contributed by atoms with Gasteiger partial charge in [-0.3, -0.25) is 0 Å². The van der Waals surface area contributed by atoms with Crippen LogP contribution in [0.25, 0.3) is 11.0 Å². The molecule has 0 radical (unpaired) electrons. The molecule has 0 unspecified atom stereocenters. The lowest BCUT2D eigenvalue weighted by atomic mass is 10.3. The van der Waals surface area contributed by atoms with Crippen LogP contribution in [0.5, 0.6) is 0 Å². The summed E-state index contributed by atoms with van der Waals surface area (Å²) in [7, 11) is 2.10. The van der Waals surface area contributed by atoms with E-state index in [1.165, 1.54) is 11.3 Å². The van der Waals surface area contributed by atoms with E-state index in [1.807, 2.05) is 6.07 Å². The number of aryl methyl sites for hydroxylation is 1. The molecule has 1 aromatic heterocycles. The summed E-state index contributed by atoms with van der Waals surface area (Å²) in [6.45, 7) is 7.76. The van der Waals surface area contributed by atoms with Crippen LogP contribution in [0.1, 0.15) is 19.7 Å². The van der Waals surface area contributed by atoms with Crippen molar-refractivity contribution in [1.29, 1.82) is 0 Å². The zero-order chi connectivity index (χ0) is 11.5. The Morgan fingerprint density at radius 2 is 1.88 bits per heavy atom. The minimum absolute atomic E-state index is 1.01. The van der Waals surface area contributed by atoms with Gasteiger partial charge in [0.05, 0.1) is 24.1 Å². The number of benzene rings is 1. The second-order valence-corrected chi connectivity index (χ2v) is 4.21. The lowest BCUT2D eigenvalue weighted by Crippen LogP contribution is -3.10. The Hall–Kier alpha value is -1.35. The molecule has 0 aliphatic heterocycles. The van der Waals surface area contributed by atoms with E-state index in [0.717, 1.165) is 25.2 Å². The van der Waals surface area contributed by atoms with Gasteiger partial charge in [0.25, 0.3) is 0 Å². The number of nitrogens with one attached hydrogen (secondary N) is 1. The zero-order valence-electron chi connectivity index (χ0n) is 10.3. The molecule has 0 aliphatic rings. The number of imidazole rings is 1. The lowest BCUT2D eigenvalue weighted by Gasteiger charge is -2.14. The molecule has 0 bridgehead atoms. The van der Waals surface area contributed by atoms with E-state index in [-0.39, 0.29) is 0 Å². The molecule has 3 nitrogen and oxygen atoms in total. The van der Waals surface area contributed by atoms with E-state index in [9.17, 15) is 0 Å². The quantitative estimate of drug-likeness (QED) is 0.812. The number of fused-ring (bicyclic) bond motifs is 1. The van der Waals surface area contributed by atoms with Crippen molar-refractivity contribution < 1.29 is 4.90 Å². The Labute approximate surface area is 96.7 Å². The van der Waals surface area contributed by atoms with Gasteiger partial charge >= 0.3 is 0 Å². The van der Waals surface area contributed by atoms with Gasteiger partial charge < -0.3 is 9.47 Å². The van der Waals surface area contributed by atoms with Crippen LogP contribution in [-0.4, -0.2) is 22.6 Å². The van der Waals surface area contributed by atoms with Crippen molar-refractivity contribution in [2.45, 2.75) is 20.4 Å². The monoisotopic (exact) mass is 218 g/mol. The first kappa shape index (κ1) is 11.1. The van der Waals surface area contributed by atoms with Crippen LogP contribution in [0.3, 0.4) is 0 Å². The van der Waals surface area contributed by atoms with E-state index >= 15 is 0 Å². The molecular formula is C13H20N3+. The fraction of sp³-hybridized carbons (Fsp3) is 0.462. The average molecular weight is 218 g/mol. The zero-order valence-corrected chi connectivity index (χ0v) is 10.3. The molecule has 1 heterocycles. The highest BCUT2D eigenvalue weighted by atomic mass is 15.2. The third kappa shape index (κ3) is 1.95. The second-order valence-electron chi connectivity index (χ2n) is 4.21. The van der Waals surface area contributed by atoms with Gasteiger partial charge in [-0.15, -0.1) is 0 Å². The SMILES string of the molecule is CC[NH+](CC)Cc1nc2ccccc2n1C. The van der Waals surface area contributed by atoms with Crippen molar-refractivity contribution in [3.8, 4) is 0 Å². The number of rotatable bonds is 4. The molecule has 1 N–H and O–H groups in total. The average Bonchev–Trinajstić information content (AvgIpc) is 2.64. The number of quaternary nitrogens is 1. The Morgan fingerprint density at radius 1 is 1.19 bits per heavy atom. The van der Waals surface area contributed by atoms with Crippen LogP contribution in [0, 0.1) is 0 Å². The van der Waals surface area contributed by atoms with Crippen LogP contribution in [0.15, 0.2) is 24.3 Å². The summed E-state index contributed by atoms with van der Waals surface area (Å²) in [6.07, 6.45) is 0. The Bertz CT molecular complexity index is 469. The normalized spacial score (nSPS) is 11.5.